The van der Waals surface area contributed by atoms with Crippen LogP contribution >= 0.6 is 0 Å². The van der Waals surface area contributed by atoms with E-state index >= 15 is 0 Å². The molecule has 0 unspecified atom stereocenters. The Balaban J connectivity index is 1.64. The van der Waals surface area contributed by atoms with Crippen molar-refractivity contribution in [3.63, 3.8) is 0 Å². The van der Waals surface area contributed by atoms with Crippen LogP contribution < -0.4 is 10.6 Å². The molecule has 1 heterocycles. The Kier molecular flexibility index (Phi) is 6.06. The number of nitrogens with one attached hydrogen (secondary N) is 2. The van der Waals surface area contributed by atoms with E-state index in [-0.39, 0.29) is 17.6 Å². The van der Waals surface area contributed by atoms with E-state index < -0.39 is 0 Å². The van der Waals surface area contributed by atoms with E-state index in [1.165, 1.54) is 12.8 Å². The Morgan fingerprint density at radius 2 is 2.09 bits per heavy atom. The first-order chi connectivity index (χ1) is 10.4. The maximum Gasteiger partial charge on any atom is 0.315 e. The standard InChI is InChI=1S/C16H32N4O2/c1-16(2)12-20(10-9-19(16)3)8-7-17-15(21)18-14(11-22-4)13-5-6-13/h13-14H,5-12H2,1-4H3,(H2,17,18,21)/t14-/m1/s1. The van der Waals surface area contributed by atoms with Gasteiger partial charge in [-0.1, -0.05) is 0 Å². The SMILES string of the molecule is COC[C@@H](NC(=O)NCCN1CCN(C)C(C)(C)C1)C1CC1. The van der Waals surface area contributed by atoms with E-state index in [1.807, 2.05) is 0 Å². The summed E-state index contributed by atoms with van der Waals surface area (Å²) in [7, 11) is 3.86. The number of piperazine rings is 1. The molecule has 1 saturated carbocycles. The van der Waals surface area contributed by atoms with Crippen molar-refractivity contribution in [2.75, 3.05) is 53.5 Å². The number of nitrogens with zero attached hydrogens (tertiary/aromatic N) is 2. The van der Waals surface area contributed by atoms with Crippen LogP contribution in [0.5, 0.6) is 0 Å². The molecular formula is C16H32N4O2. The van der Waals surface area contributed by atoms with Crippen LogP contribution in [0.25, 0.3) is 0 Å². The molecule has 2 N–H and O–H groups in total. The molecule has 2 amide bonds. The smallest absolute Gasteiger partial charge is 0.315 e. The van der Waals surface area contributed by atoms with E-state index in [0.29, 0.717) is 19.1 Å². The lowest BCUT2D eigenvalue weighted by molar-refractivity contribution is 0.0410. The average molecular weight is 312 g/mol. The van der Waals surface area contributed by atoms with Crippen LogP contribution in [0, 0.1) is 5.92 Å². The minimum atomic E-state index is -0.0673. The molecule has 1 aliphatic carbocycles. The quantitative estimate of drug-likeness (QED) is 0.728. The molecule has 0 aromatic heterocycles. The lowest BCUT2D eigenvalue weighted by atomic mass is 10.00. The summed E-state index contributed by atoms with van der Waals surface area (Å²) >= 11 is 0. The molecule has 0 aromatic carbocycles. The largest absolute Gasteiger partial charge is 0.383 e. The maximum absolute atomic E-state index is 12.0. The molecular weight excluding hydrogens is 280 g/mol. The zero-order valence-corrected chi connectivity index (χ0v) is 14.5. The van der Waals surface area contributed by atoms with Crippen LogP contribution in [0.1, 0.15) is 26.7 Å². The lowest BCUT2D eigenvalue weighted by Crippen LogP contribution is -2.58. The van der Waals surface area contributed by atoms with Crippen LogP contribution in [0.2, 0.25) is 0 Å². The second-order valence-electron chi connectivity index (χ2n) is 7.31. The van der Waals surface area contributed by atoms with Crippen LogP contribution in [-0.4, -0.2) is 80.9 Å². The number of amides is 2. The number of hydrogen-bond donors (Lipinski definition) is 2. The van der Waals surface area contributed by atoms with Crippen molar-refractivity contribution in [2.24, 2.45) is 5.92 Å². The molecule has 1 atom stereocenters. The normalized spacial score (nSPS) is 24.0. The molecule has 128 valence electrons. The summed E-state index contributed by atoms with van der Waals surface area (Å²) < 4.78 is 5.18. The van der Waals surface area contributed by atoms with Gasteiger partial charge in [0.25, 0.3) is 0 Å². The summed E-state index contributed by atoms with van der Waals surface area (Å²) in [6.07, 6.45) is 2.40. The van der Waals surface area contributed by atoms with Gasteiger partial charge in [0.1, 0.15) is 0 Å². The molecule has 0 spiro atoms. The van der Waals surface area contributed by atoms with Gasteiger partial charge in [0.2, 0.25) is 0 Å². The van der Waals surface area contributed by atoms with Gasteiger partial charge in [0.15, 0.2) is 0 Å². The average Bonchev–Trinajstić information content (AvgIpc) is 3.26. The van der Waals surface area contributed by atoms with Gasteiger partial charge in [-0.3, -0.25) is 9.80 Å². The fraction of sp³-hybridized carbons (Fsp3) is 0.938. The maximum atomic E-state index is 12.0. The van der Waals surface area contributed by atoms with Crippen molar-refractivity contribution in [3.8, 4) is 0 Å². The van der Waals surface area contributed by atoms with E-state index in [4.69, 9.17) is 4.74 Å². The van der Waals surface area contributed by atoms with E-state index in [2.05, 4.69) is 41.3 Å². The highest BCUT2D eigenvalue weighted by Crippen LogP contribution is 2.32. The number of carbonyl (C=O) groups excluding carboxylic acids is 1. The first-order valence-electron chi connectivity index (χ1n) is 8.39. The fourth-order valence-corrected chi connectivity index (χ4v) is 3.05. The van der Waals surface area contributed by atoms with Crippen molar-refractivity contribution in [1.82, 2.24) is 20.4 Å². The number of rotatable bonds is 7. The van der Waals surface area contributed by atoms with Crippen molar-refractivity contribution >= 4 is 6.03 Å². The van der Waals surface area contributed by atoms with Gasteiger partial charge < -0.3 is 15.4 Å². The van der Waals surface area contributed by atoms with E-state index in [0.717, 1.165) is 26.2 Å². The third-order valence-electron chi connectivity index (χ3n) is 4.96. The Morgan fingerprint density at radius 3 is 2.68 bits per heavy atom. The molecule has 2 aliphatic rings. The van der Waals surface area contributed by atoms with Gasteiger partial charge in [0.05, 0.1) is 12.6 Å². The van der Waals surface area contributed by atoms with Gasteiger partial charge in [-0.15, -0.1) is 0 Å². The summed E-state index contributed by atoms with van der Waals surface area (Å²) in [5.41, 5.74) is 0.204. The van der Waals surface area contributed by atoms with Crippen molar-refractivity contribution in [3.05, 3.63) is 0 Å². The number of methoxy groups -OCH3 is 1. The number of likely N-dealkylation sites (N-methyl/N-ethyl adjacent to an activating group) is 1. The predicted octanol–water partition coefficient (Wildman–Crippen LogP) is 0.737. The van der Waals surface area contributed by atoms with Crippen molar-refractivity contribution in [2.45, 2.75) is 38.3 Å². The predicted molar refractivity (Wildman–Crippen MR) is 88.1 cm³/mol. The fourth-order valence-electron chi connectivity index (χ4n) is 3.05. The number of hydrogen-bond acceptors (Lipinski definition) is 4. The topological polar surface area (TPSA) is 56.8 Å². The van der Waals surface area contributed by atoms with E-state index in [9.17, 15) is 4.79 Å². The zero-order chi connectivity index (χ0) is 16.2. The summed E-state index contributed by atoms with van der Waals surface area (Å²) in [5.74, 6) is 0.601. The molecule has 1 saturated heterocycles. The summed E-state index contributed by atoms with van der Waals surface area (Å²) in [6.45, 7) is 9.92. The molecule has 0 aromatic rings. The summed E-state index contributed by atoms with van der Waals surface area (Å²) in [4.78, 5) is 16.8. The van der Waals surface area contributed by atoms with Crippen LogP contribution in [0.4, 0.5) is 4.79 Å². The molecule has 6 nitrogen and oxygen atoms in total. The van der Waals surface area contributed by atoms with Crippen molar-refractivity contribution < 1.29 is 9.53 Å². The number of ether oxygens (including phenoxy) is 1. The zero-order valence-electron chi connectivity index (χ0n) is 14.5. The van der Waals surface area contributed by atoms with Gasteiger partial charge in [-0.05, 0) is 39.7 Å². The van der Waals surface area contributed by atoms with Crippen LogP contribution in [-0.2, 0) is 4.74 Å². The third-order valence-corrected chi connectivity index (χ3v) is 4.96. The highest BCUT2D eigenvalue weighted by molar-refractivity contribution is 5.74. The van der Waals surface area contributed by atoms with Gasteiger partial charge >= 0.3 is 6.03 Å². The molecule has 1 aliphatic heterocycles. The van der Waals surface area contributed by atoms with Crippen LogP contribution in [0.15, 0.2) is 0 Å². The van der Waals surface area contributed by atoms with Crippen molar-refractivity contribution in [1.29, 1.82) is 0 Å². The minimum absolute atomic E-state index is 0.0673. The van der Waals surface area contributed by atoms with Gasteiger partial charge in [-0.2, -0.15) is 0 Å². The van der Waals surface area contributed by atoms with E-state index in [1.54, 1.807) is 7.11 Å². The molecule has 6 heteroatoms. The lowest BCUT2D eigenvalue weighted by Gasteiger charge is -2.45. The summed E-state index contributed by atoms with van der Waals surface area (Å²) in [5, 5.41) is 6.02. The monoisotopic (exact) mass is 312 g/mol. The molecule has 2 fully saturated rings. The highest BCUT2D eigenvalue weighted by Gasteiger charge is 2.32. The Labute approximate surface area is 134 Å². The van der Waals surface area contributed by atoms with Crippen LogP contribution in [0.3, 0.4) is 0 Å². The molecule has 0 radical (unpaired) electrons. The van der Waals surface area contributed by atoms with Gasteiger partial charge in [0, 0.05) is 45.4 Å². The minimum Gasteiger partial charge on any atom is -0.383 e. The highest BCUT2D eigenvalue weighted by atomic mass is 16.5. The Hall–Kier alpha value is -0.850. The molecule has 22 heavy (non-hydrogen) atoms. The third kappa shape index (κ3) is 5.11. The second-order valence-corrected chi connectivity index (χ2v) is 7.31. The number of urea groups is 1. The second kappa shape index (κ2) is 7.62. The Bertz CT molecular complexity index is 371. The molecule has 2 rings (SSSR count). The number of carbonyl (C=O) groups is 1. The van der Waals surface area contributed by atoms with Gasteiger partial charge in [-0.25, -0.2) is 4.79 Å². The first-order valence-corrected chi connectivity index (χ1v) is 8.39. The Morgan fingerprint density at radius 1 is 1.36 bits per heavy atom. The summed E-state index contributed by atoms with van der Waals surface area (Å²) in [6, 6.07) is 0.0925. The molecule has 0 bridgehead atoms. The first kappa shape index (κ1) is 17.5.